The number of hydrogen-bond acceptors (Lipinski definition) is 2. The molecule has 0 fully saturated rings. The highest BCUT2D eigenvalue weighted by Crippen LogP contribution is 2.16. The second kappa shape index (κ2) is 6.08. The lowest BCUT2D eigenvalue weighted by Crippen LogP contribution is -1.96. The third-order valence-corrected chi connectivity index (χ3v) is 1.91. The molecule has 0 unspecified atom stereocenters. The van der Waals surface area contributed by atoms with Crippen molar-refractivity contribution >= 4 is 5.69 Å². The van der Waals surface area contributed by atoms with Crippen LogP contribution in [-0.2, 0) is 0 Å². The summed E-state index contributed by atoms with van der Waals surface area (Å²) in [6, 6.07) is 7.96. The van der Waals surface area contributed by atoms with E-state index in [1.54, 1.807) is 0 Å². The zero-order valence-corrected chi connectivity index (χ0v) is 8.79. The van der Waals surface area contributed by atoms with Gasteiger partial charge in [0.1, 0.15) is 5.75 Å². The molecule has 0 saturated carbocycles. The summed E-state index contributed by atoms with van der Waals surface area (Å²) in [6.45, 7) is 2.75. The zero-order chi connectivity index (χ0) is 10.2. The molecule has 2 nitrogen and oxygen atoms in total. The Balaban J connectivity index is 2.42. The molecule has 1 aromatic carbocycles. The van der Waals surface area contributed by atoms with Crippen LogP contribution in [0.15, 0.2) is 36.4 Å². The molecule has 0 bridgehead atoms. The molecule has 0 aliphatic heterocycles. The van der Waals surface area contributed by atoms with Crippen LogP contribution in [0.1, 0.15) is 13.3 Å². The van der Waals surface area contributed by atoms with Crippen LogP contribution in [-0.4, -0.2) is 13.7 Å². The molecule has 76 valence electrons. The lowest BCUT2D eigenvalue weighted by molar-refractivity contribution is 0.325. The minimum Gasteiger partial charge on any atom is -0.493 e. The van der Waals surface area contributed by atoms with Crippen LogP contribution in [0.3, 0.4) is 0 Å². The van der Waals surface area contributed by atoms with E-state index in [0.717, 1.165) is 24.5 Å². The number of allylic oxidation sites excluding steroid dienone is 1. The molecule has 1 aromatic rings. The van der Waals surface area contributed by atoms with Gasteiger partial charge in [0, 0.05) is 18.8 Å². The smallest absolute Gasteiger partial charge is 0.121 e. The molecule has 0 atom stereocenters. The maximum atomic E-state index is 5.56. The second-order valence-corrected chi connectivity index (χ2v) is 2.98. The average molecular weight is 191 g/mol. The molecule has 0 heterocycles. The minimum absolute atomic E-state index is 0.734. The van der Waals surface area contributed by atoms with Crippen LogP contribution in [0.2, 0.25) is 0 Å². The summed E-state index contributed by atoms with van der Waals surface area (Å²) < 4.78 is 5.56. The first kappa shape index (κ1) is 10.6. The van der Waals surface area contributed by atoms with Crippen LogP contribution >= 0.6 is 0 Å². The van der Waals surface area contributed by atoms with Crippen molar-refractivity contribution in [3.05, 3.63) is 36.4 Å². The lowest BCUT2D eigenvalue weighted by Gasteiger charge is -2.06. The van der Waals surface area contributed by atoms with Crippen molar-refractivity contribution in [1.29, 1.82) is 0 Å². The molecule has 0 spiro atoms. The van der Waals surface area contributed by atoms with E-state index in [0.29, 0.717) is 0 Å². The Labute approximate surface area is 85.6 Å². The molecule has 0 radical (unpaired) electrons. The van der Waals surface area contributed by atoms with E-state index in [2.05, 4.69) is 11.4 Å². The Bertz CT molecular complexity index is 294. The van der Waals surface area contributed by atoms with Crippen molar-refractivity contribution in [2.75, 3.05) is 19.0 Å². The monoisotopic (exact) mass is 191 g/mol. The highest BCUT2D eigenvalue weighted by atomic mass is 16.5. The van der Waals surface area contributed by atoms with Crippen LogP contribution < -0.4 is 10.1 Å². The first-order chi connectivity index (χ1) is 6.86. The van der Waals surface area contributed by atoms with Crippen molar-refractivity contribution in [2.24, 2.45) is 0 Å². The molecule has 0 saturated heterocycles. The molecule has 0 aliphatic carbocycles. The Morgan fingerprint density at radius 2 is 2.29 bits per heavy atom. The van der Waals surface area contributed by atoms with Gasteiger partial charge in [0.05, 0.1) is 6.61 Å². The van der Waals surface area contributed by atoms with E-state index >= 15 is 0 Å². The normalized spacial score (nSPS) is 10.4. The van der Waals surface area contributed by atoms with E-state index < -0.39 is 0 Å². The number of rotatable bonds is 5. The van der Waals surface area contributed by atoms with E-state index in [-0.39, 0.29) is 0 Å². The quantitative estimate of drug-likeness (QED) is 0.570. The number of anilines is 1. The third-order valence-electron chi connectivity index (χ3n) is 1.91. The van der Waals surface area contributed by atoms with Crippen molar-refractivity contribution in [2.45, 2.75) is 13.3 Å². The first-order valence-corrected chi connectivity index (χ1v) is 4.88. The van der Waals surface area contributed by atoms with Gasteiger partial charge in [0.25, 0.3) is 0 Å². The molecule has 14 heavy (non-hydrogen) atoms. The minimum atomic E-state index is 0.734. The lowest BCUT2D eigenvalue weighted by atomic mass is 10.3. The van der Waals surface area contributed by atoms with Gasteiger partial charge in [-0.2, -0.15) is 0 Å². The molecule has 0 amide bonds. The van der Waals surface area contributed by atoms with Crippen LogP contribution in [0.4, 0.5) is 5.69 Å². The molecule has 0 aromatic heterocycles. The largest absolute Gasteiger partial charge is 0.493 e. The van der Waals surface area contributed by atoms with E-state index in [1.807, 2.05) is 44.3 Å². The van der Waals surface area contributed by atoms with Crippen molar-refractivity contribution in [3.8, 4) is 5.75 Å². The van der Waals surface area contributed by atoms with Crippen molar-refractivity contribution < 1.29 is 4.74 Å². The third kappa shape index (κ3) is 3.52. The van der Waals surface area contributed by atoms with Gasteiger partial charge in [-0.15, -0.1) is 0 Å². The Morgan fingerprint density at radius 3 is 3.00 bits per heavy atom. The maximum absolute atomic E-state index is 5.56. The number of benzene rings is 1. The van der Waals surface area contributed by atoms with E-state index in [1.165, 1.54) is 0 Å². The summed E-state index contributed by atoms with van der Waals surface area (Å²) in [5, 5.41) is 3.07. The van der Waals surface area contributed by atoms with Crippen LogP contribution in [0, 0.1) is 0 Å². The molecule has 1 N–H and O–H groups in total. The Hall–Kier alpha value is -1.44. The van der Waals surface area contributed by atoms with E-state index in [9.17, 15) is 0 Å². The topological polar surface area (TPSA) is 21.3 Å². The Morgan fingerprint density at radius 1 is 1.43 bits per heavy atom. The van der Waals surface area contributed by atoms with Crippen molar-refractivity contribution in [3.63, 3.8) is 0 Å². The summed E-state index contributed by atoms with van der Waals surface area (Å²) in [7, 11) is 1.90. The van der Waals surface area contributed by atoms with Gasteiger partial charge in [-0.05, 0) is 25.5 Å². The summed E-state index contributed by atoms with van der Waals surface area (Å²) in [6.07, 6.45) is 5.09. The van der Waals surface area contributed by atoms with Gasteiger partial charge in [-0.3, -0.25) is 0 Å². The number of nitrogens with one attached hydrogen (secondary N) is 1. The summed E-state index contributed by atoms with van der Waals surface area (Å²) >= 11 is 0. The maximum Gasteiger partial charge on any atom is 0.121 e. The highest BCUT2D eigenvalue weighted by molar-refractivity contribution is 5.47. The molecule has 1 rings (SSSR count). The number of ether oxygens (including phenoxy) is 1. The molecule has 0 aliphatic rings. The number of hydrogen-bond donors (Lipinski definition) is 1. The molecule has 2 heteroatoms. The molecular formula is C12H17NO. The zero-order valence-electron chi connectivity index (χ0n) is 8.79. The standard InChI is InChI=1S/C12H17NO/c1-3-4-5-9-14-12-8-6-7-11(10-12)13-2/h3-4,6-8,10,13H,5,9H2,1-2H3. The fourth-order valence-electron chi connectivity index (χ4n) is 1.15. The predicted octanol–water partition coefficient (Wildman–Crippen LogP) is 3.07. The van der Waals surface area contributed by atoms with Gasteiger partial charge in [0.2, 0.25) is 0 Å². The summed E-state index contributed by atoms with van der Waals surface area (Å²) in [5.74, 6) is 0.918. The van der Waals surface area contributed by atoms with Gasteiger partial charge in [-0.1, -0.05) is 18.2 Å². The summed E-state index contributed by atoms with van der Waals surface area (Å²) in [5.41, 5.74) is 1.08. The van der Waals surface area contributed by atoms with Crippen LogP contribution in [0.5, 0.6) is 5.75 Å². The summed E-state index contributed by atoms with van der Waals surface area (Å²) in [4.78, 5) is 0. The fraction of sp³-hybridized carbons (Fsp3) is 0.333. The average Bonchev–Trinajstić information content (AvgIpc) is 2.25. The van der Waals surface area contributed by atoms with Gasteiger partial charge in [-0.25, -0.2) is 0 Å². The Kier molecular flexibility index (Phi) is 4.62. The van der Waals surface area contributed by atoms with Crippen LogP contribution in [0.25, 0.3) is 0 Å². The molecular weight excluding hydrogens is 174 g/mol. The van der Waals surface area contributed by atoms with E-state index in [4.69, 9.17) is 4.74 Å². The first-order valence-electron chi connectivity index (χ1n) is 4.88. The highest BCUT2D eigenvalue weighted by Gasteiger charge is 1.93. The second-order valence-electron chi connectivity index (χ2n) is 2.98. The van der Waals surface area contributed by atoms with Crippen molar-refractivity contribution in [1.82, 2.24) is 0 Å². The van der Waals surface area contributed by atoms with Gasteiger partial charge < -0.3 is 10.1 Å². The SMILES string of the molecule is CC=CCCOc1cccc(NC)c1. The van der Waals surface area contributed by atoms with Gasteiger partial charge >= 0.3 is 0 Å². The fourth-order valence-corrected chi connectivity index (χ4v) is 1.15. The van der Waals surface area contributed by atoms with Gasteiger partial charge in [0.15, 0.2) is 0 Å². The predicted molar refractivity (Wildman–Crippen MR) is 60.9 cm³/mol.